The Morgan fingerprint density at radius 3 is 2.79 bits per heavy atom. The van der Waals surface area contributed by atoms with E-state index in [1.807, 2.05) is 11.6 Å². The molecule has 0 saturated heterocycles. The van der Waals surface area contributed by atoms with Gasteiger partial charge >= 0.3 is 0 Å². The zero-order chi connectivity index (χ0) is 10.3. The van der Waals surface area contributed by atoms with Gasteiger partial charge in [-0.2, -0.15) is 0 Å². The normalized spacial score (nSPS) is 23.9. The molecule has 1 heterocycles. The van der Waals surface area contributed by atoms with E-state index >= 15 is 0 Å². The first-order valence-electron chi connectivity index (χ1n) is 4.90. The molecule has 2 rings (SSSR count). The minimum atomic E-state index is 0.467. The lowest BCUT2D eigenvalue weighted by atomic mass is 10.2. The highest BCUT2D eigenvalue weighted by Crippen LogP contribution is 2.44. The fraction of sp³-hybridized carbons (Fsp3) is 0.700. The van der Waals surface area contributed by atoms with Crippen LogP contribution in [-0.2, 0) is 13.6 Å². The van der Waals surface area contributed by atoms with Crippen LogP contribution in [0.25, 0.3) is 0 Å². The van der Waals surface area contributed by atoms with E-state index in [0.717, 1.165) is 12.4 Å². The van der Waals surface area contributed by atoms with Crippen molar-refractivity contribution in [3.63, 3.8) is 0 Å². The van der Waals surface area contributed by atoms with Crippen LogP contribution >= 0.6 is 11.6 Å². The molecule has 0 aliphatic heterocycles. The summed E-state index contributed by atoms with van der Waals surface area (Å²) in [5, 5.41) is 4.17. The average Bonchev–Trinajstić information content (AvgIpc) is 2.60. The molecule has 3 nitrogen and oxygen atoms in total. The molecule has 1 aromatic rings. The van der Waals surface area contributed by atoms with Gasteiger partial charge < -0.3 is 9.88 Å². The summed E-state index contributed by atoms with van der Waals surface area (Å²) in [6.07, 6.45) is 2.95. The van der Waals surface area contributed by atoms with Gasteiger partial charge in [0.15, 0.2) is 0 Å². The highest BCUT2D eigenvalue weighted by molar-refractivity contribution is 6.29. The van der Waals surface area contributed by atoms with E-state index in [1.54, 1.807) is 6.20 Å². The number of hydrogen-bond acceptors (Lipinski definition) is 2. The Hall–Kier alpha value is -0.540. The second-order valence-electron chi connectivity index (χ2n) is 4.68. The molecule has 1 saturated carbocycles. The monoisotopic (exact) mass is 213 g/mol. The molecule has 1 atom stereocenters. The number of aromatic nitrogens is 2. The molecule has 1 aromatic heterocycles. The lowest BCUT2D eigenvalue weighted by Crippen LogP contribution is -2.21. The fourth-order valence-corrected chi connectivity index (χ4v) is 1.76. The molecule has 1 N–H and O–H groups in total. The number of imidazole rings is 1. The van der Waals surface area contributed by atoms with E-state index in [4.69, 9.17) is 11.6 Å². The summed E-state index contributed by atoms with van der Waals surface area (Å²) < 4.78 is 1.91. The first-order valence-corrected chi connectivity index (χ1v) is 5.28. The van der Waals surface area contributed by atoms with Gasteiger partial charge in [0.05, 0.1) is 12.7 Å². The minimum Gasteiger partial charge on any atom is -0.321 e. The maximum atomic E-state index is 5.89. The largest absolute Gasteiger partial charge is 0.321 e. The Morgan fingerprint density at radius 2 is 2.36 bits per heavy atom. The molecule has 4 heteroatoms. The molecule has 0 aromatic carbocycles. The standard InChI is InChI=1S/C10H16ClN3/c1-10(2)4-7(10)12-6-9-13-5-8(11)14(9)3/h5,7,12H,4,6H2,1-3H3. The summed E-state index contributed by atoms with van der Waals surface area (Å²) in [5.41, 5.74) is 0.467. The Kier molecular flexibility index (Phi) is 2.32. The van der Waals surface area contributed by atoms with Crippen LogP contribution in [-0.4, -0.2) is 15.6 Å². The maximum Gasteiger partial charge on any atom is 0.128 e. The van der Waals surface area contributed by atoms with Crippen molar-refractivity contribution in [3.05, 3.63) is 17.2 Å². The van der Waals surface area contributed by atoms with Gasteiger partial charge in [-0.3, -0.25) is 0 Å². The molecule has 0 amide bonds. The van der Waals surface area contributed by atoms with Crippen LogP contribution in [0.3, 0.4) is 0 Å². The van der Waals surface area contributed by atoms with Crippen molar-refractivity contribution in [2.45, 2.75) is 32.9 Å². The molecule has 1 aliphatic rings. The Balaban J connectivity index is 1.90. The van der Waals surface area contributed by atoms with Crippen LogP contribution in [0.1, 0.15) is 26.1 Å². The van der Waals surface area contributed by atoms with E-state index in [9.17, 15) is 0 Å². The number of rotatable bonds is 3. The second kappa shape index (κ2) is 3.24. The van der Waals surface area contributed by atoms with Gasteiger partial charge in [0.1, 0.15) is 11.0 Å². The summed E-state index contributed by atoms with van der Waals surface area (Å²) in [4.78, 5) is 4.23. The molecular formula is C10H16ClN3. The van der Waals surface area contributed by atoms with Crippen LogP contribution in [0.2, 0.25) is 5.15 Å². The number of nitrogens with zero attached hydrogens (tertiary/aromatic N) is 2. The summed E-state index contributed by atoms with van der Waals surface area (Å²) in [7, 11) is 1.93. The molecule has 0 radical (unpaired) electrons. The van der Waals surface area contributed by atoms with Crippen molar-refractivity contribution in [3.8, 4) is 0 Å². The Morgan fingerprint density at radius 1 is 1.71 bits per heavy atom. The summed E-state index contributed by atoms with van der Waals surface area (Å²) in [5.74, 6) is 0.998. The van der Waals surface area contributed by atoms with Crippen LogP contribution in [0.5, 0.6) is 0 Å². The molecule has 1 aliphatic carbocycles. The number of halogens is 1. The highest BCUT2D eigenvalue weighted by Gasteiger charge is 2.45. The van der Waals surface area contributed by atoms with Gasteiger partial charge in [-0.05, 0) is 11.8 Å². The topological polar surface area (TPSA) is 29.9 Å². The quantitative estimate of drug-likeness (QED) is 0.832. The van der Waals surface area contributed by atoms with Crippen molar-refractivity contribution in [1.29, 1.82) is 0 Å². The SMILES string of the molecule is Cn1c(Cl)cnc1CNC1CC1(C)C. The van der Waals surface area contributed by atoms with E-state index < -0.39 is 0 Å². The van der Waals surface area contributed by atoms with E-state index in [0.29, 0.717) is 16.6 Å². The third-order valence-electron chi connectivity index (χ3n) is 3.05. The molecule has 14 heavy (non-hydrogen) atoms. The van der Waals surface area contributed by atoms with Gasteiger partial charge in [0.2, 0.25) is 0 Å². The lowest BCUT2D eigenvalue weighted by molar-refractivity contribution is 0.529. The summed E-state index contributed by atoms with van der Waals surface area (Å²) in [6, 6.07) is 0.637. The Labute approximate surface area is 89.5 Å². The summed E-state index contributed by atoms with van der Waals surface area (Å²) >= 11 is 5.89. The number of nitrogens with one attached hydrogen (secondary N) is 1. The van der Waals surface area contributed by atoms with Crippen molar-refractivity contribution in [2.75, 3.05) is 0 Å². The number of hydrogen-bond donors (Lipinski definition) is 1. The van der Waals surface area contributed by atoms with Crippen LogP contribution in [0, 0.1) is 5.41 Å². The van der Waals surface area contributed by atoms with Crippen LogP contribution in [0.4, 0.5) is 0 Å². The predicted molar refractivity (Wildman–Crippen MR) is 57.2 cm³/mol. The average molecular weight is 214 g/mol. The zero-order valence-electron chi connectivity index (χ0n) is 8.84. The molecule has 1 unspecified atom stereocenters. The smallest absolute Gasteiger partial charge is 0.128 e. The fourth-order valence-electron chi connectivity index (χ4n) is 1.62. The molecule has 0 bridgehead atoms. The van der Waals surface area contributed by atoms with Gasteiger partial charge in [-0.1, -0.05) is 25.4 Å². The summed E-state index contributed by atoms with van der Waals surface area (Å²) in [6.45, 7) is 5.35. The molecule has 78 valence electrons. The van der Waals surface area contributed by atoms with E-state index in [-0.39, 0.29) is 0 Å². The van der Waals surface area contributed by atoms with Crippen molar-refractivity contribution in [1.82, 2.24) is 14.9 Å². The minimum absolute atomic E-state index is 0.467. The van der Waals surface area contributed by atoms with Gasteiger partial charge in [-0.15, -0.1) is 0 Å². The predicted octanol–water partition coefficient (Wildman–Crippen LogP) is 1.96. The van der Waals surface area contributed by atoms with Crippen molar-refractivity contribution in [2.24, 2.45) is 12.5 Å². The van der Waals surface area contributed by atoms with Gasteiger partial charge in [0.25, 0.3) is 0 Å². The Bertz CT molecular complexity index is 343. The van der Waals surface area contributed by atoms with Gasteiger partial charge in [-0.25, -0.2) is 4.98 Å². The third-order valence-corrected chi connectivity index (χ3v) is 3.40. The maximum absolute atomic E-state index is 5.89. The first kappa shape index (κ1) is 9.99. The third kappa shape index (κ3) is 1.79. The van der Waals surface area contributed by atoms with Crippen LogP contribution < -0.4 is 5.32 Å². The van der Waals surface area contributed by atoms with E-state index in [1.165, 1.54) is 6.42 Å². The van der Waals surface area contributed by atoms with E-state index in [2.05, 4.69) is 24.1 Å². The van der Waals surface area contributed by atoms with Crippen molar-refractivity contribution >= 4 is 11.6 Å². The van der Waals surface area contributed by atoms with Gasteiger partial charge in [0, 0.05) is 13.1 Å². The highest BCUT2D eigenvalue weighted by atomic mass is 35.5. The first-order chi connectivity index (χ1) is 6.50. The van der Waals surface area contributed by atoms with Crippen LogP contribution in [0.15, 0.2) is 6.20 Å². The molecular weight excluding hydrogens is 198 g/mol. The zero-order valence-corrected chi connectivity index (χ0v) is 9.60. The second-order valence-corrected chi connectivity index (χ2v) is 5.07. The van der Waals surface area contributed by atoms with Crippen molar-refractivity contribution < 1.29 is 0 Å². The molecule has 1 fully saturated rings. The lowest BCUT2D eigenvalue weighted by Gasteiger charge is -2.06. The molecule has 0 spiro atoms.